The Hall–Kier alpha value is -3.52. The number of rotatable bonds is 12. The Balaban J connectivity index is 2.04. The molecule has 2 aromatic carbocycles. The van der Waals surface area contributed by atoms with Gasteiger partial charge in [0.2, 0.25) is 0 Å². The van der Waals surface area contributed by atoms with Crippen LogP contribution in [0.1, 0.15) is 43.4 Å². The third-order valence-electron chi connectivity index (χ3n) is 6.16. The second-order valence-corrected chi connectivity index (χ2v) is 8.99. The van der Waals surface area contributed by atoms with Crippen molar-refractivity contribution in [2.75, 3.05) is 48.0 Å². The smallest absolute Gasteiger partial charge is 0.295 e. The average Bonchev–Trinajstić information content (AvgIpc) is 3.13. The topological polar surface area (TPSA) is 88.5 Å². The number of nitrogens with zero attached hydrogens (tertiary/aromatic N) is 2. The molecule has 1 heterocycles. The summed E-state index contributed by atoms with van der Waals surface area (Å²) >= 11 is 0. The number of carbonyl (C=O) groups excluding carboxylic acids is 2. The fourth-order valence-corrected chi connectivity index (χ4v) is 4.24. The maximum absolute atomic E-state index is 13.2. The molecular weight excluding hydrogens is 460 g/mol. The summed E-state index contributed by atoms with van der Waals surface area (Å²) in [5.74, 6) is 0.130. The van der Waals surface area contributed by atoms with Crippen molar-refractivity contribution >= 4 is 17.4 Å². The fraction of sp³-hybridized carbons (Fsp3) is 0.429. The average molecular weight is 497 g/mol. The molecule has 1 unspecified atom stereocenters. The molecule has 0 radical (unpaired) electrons. The molecule has 0 aromatic heterocycles. The minimum absolute atomic E-state index is 0.0525. The molecule has 1 amide bonds. The van der Waals surface area contributed by atoms with Gasteiger partial charge in [0.25, 0.3) is 11.7 Å². The summed E-state index contributed by atoms with van der Waals surface area (Å²) < 4.78 is 16.5. The molecule has 1 saturated heterocycles. The molecule has 3 rings (SSSR count). The summed E-state index contributed by atoms with van der Waals surface area (Å²) in [7, 11) is 6.98. The van der Waals surface area contributed by atoms with Crippen LogP contribution in [0.3, 0.4) is 0 Å². The van der Waals surface area contributed by atoms with Crippen molar-refractivity contribution in [1.82, 2.24) is 9.80 Å². The molecule has 1 atom stereocenters. The number of aliphatic hydroxyl groups excluding tert-OH is 1. The zero-order chi connectivity index (χ0) is 26.2. The summed E-state index contributed by atoms with van der Waals surface area (Å²) in [6.45, 7) is 3.82. The highest BCUT2D eigenvalue weighted by molar-refractivity contribution is 6.46. The van der Waals surface area contributed by atoms with Crippen molar-refractivity contribution in [2.45, 2.75) is 32.2 Å². The highest BCUT2D eigenvalue weighted by Crippen LogP contribution is 2.42. The van der Waals surface area contributed by atoms with Crippen LogP contribution in [0.15, 0.2) is 48.0 Å². The molecule has 8 heteroatoms. The summed E-state index contributed by atoms with van der Waals surface area (Å²) in [5.41, 5.74) is 1.14. The largest absolute Gasteiger partial charge is 0.507 e. The maximum Gasteiger partial charge on any atom is 0.295 e. The first kappa shape index (κ1) is 27.1. The van der Waals surface area contributed by atoms with E-state index in [1.165, 1.54) is 12.0 Å². The Labute approximate surface area is 213 Å². The van der Waals surface area contributed by atoms with E-state index >= 15 is 0 Å². The van der Waals surface area contributed by atoms with Crippen LogP contribution in [0.5, 0.6) is 17.2 Å². The van der Waals surface area contributed by atoms with Gasteiger partial charge < -0.3 is 29.1 Å². The molecule has 0 saturated carbocycles. The van der Waals surface area contributed by atoms with Gasteiger partial charge in [-0.2, -0.15) is 0 Å². The first-order chi connectivity index (χ1) is 17.3. The zero-order valence-corrected chi connectivity index (χ0v) is 21.7. The van der Waals surface area contributed by atoms with Gasteiger partial charge in [0, 0.05) is 12.1 Å². The number of ether oxygens (including phenoxy) is 3. The van der Waals surface area contributed by atoms with E-state index in [4.69, 9.17) is 14.2 Å². The van der Waals surface area contributed by atoms with Crippen molar-refractivity contribution < 1.29 is 28.9 Å². The molecular formula is C28H36N2O6. The Morgan fingerprint density at radius 3 is 2.31 bits per heavy atom. The van der Waals surface area contributed by atoms with Crippen LogP contribution in [-0.4, -0.2) is 74.6 Å². The number of benzene rings is 2. The molecule has 194 valence electrons. The van der Waals surface area contributed by atoms with Crippen molar-refractivity contribution in [2.24, 2.45) is 0 Å². The van der Waals surface area contributed by atoms with Gasteiger partial charge in [-0.15, -0.1) is 0 Å². The van der Waals surface area contributed by atoms with Gasteiger partial charge in [-0.1, -0.05) is 19.4 Å². The Kier molecular flexibility index (Phi) is 9.36. The van der Waals surface area contributed by atoms with E-state index in [0.717, 1.165) is 19.4 Å². The molecule has 36 heavy (non-hydrogen) atoms. The number of amides is 1. The fourth-order valence-electron chi connectivity index (χ4n) is 4.24. The van der Waals surface area contributed by atoms with Gasteiger partial charge >= 0.3 is 0 Å². The van der Waals surface area contributed by atoms with Gasteiger partial charge in [0.05, 0.1) is 32.4 Å². The van der Waals surface area contributed by atoms with Crippen LogP contribution in [0.2, 0.25) is 0 Å². The van der Waals surface area contributed by atoms with Gasteiger partial charge in [-0.25, -0.2) is 0 Å². The van der Waals surface area contributed by atoms with E-state index in [9.17, 15) is 14.7 Å². The molecule has 1 aliphatic rings. The molecule has 1 aliphatic heterocycles. The van der Waals surface area contributed by atoms with E-state index in [1.54, 1.807) is 49.6 Å². The number of aliphatic hydroxyl groups is 1. The van der Waals surface area contributed by atoms with Crippen LogP contribution in [-0.2, 0) is 9.59 Å². The SMILES string of the molecule is CCCCOc1ccc(/C(O)=C2/C(=O)C(=O)N(CCCN(C)C)C2c2ccc(OC)c(OC)c2)cc1. The number of likely N-dealkylation sites (tertiary alicyclic amines) is 1. The number of carbonyl (C=O) groups is 2. The van der Waals surface area contributed by atoms with Crippen LogP contribution in [0.4, 0.5) is 0 Å². The van der Waals surface area contributed by atoms with E-state index in [1.807, 2.05) is 19.0 Å². The number of methoxy groups -OCH3 is 2. The van der Waals surface area contributed by atoms with E-state index in [0.29, 0.717) is 47.9 Å². The summed E-state index contributed by atoms with van der Waals surface area (Å²) in [4.78, 5) is 29.9. The molecule has 0 aliphatic carbocycles. The summed E-state index contributed by atoms with van der Waals surface area (Å²) in [5, 5.41) is 11.3. The van der Waals surface area contributed by atoms with Gasteiger partial charge in [-0.05, 0) is 75.4 Å². The molecule has 0 spiro atoms. The number of hydrogen-bond donors (Lipinski definition) is 1. The van der Waals surface area contributed by atoms with Crippen LogP contribution in [0, 0.1) is 0 Å². The molecule has 8 nitrogen and oxygen atoms in total. The number of Topliss-reactive ketones (excluding diaryl/α,β-unsaturated/α-hetero) is 1. The van der Waals surface area contributed by atoms with Gasteiger partial charge in [-0.3, -0.25) is 9.59 Å². The normalized spacial score (nSPS) is 17.1. The lowest BCUT2D eigenvalue weighted by atomic mass is 9.95. The third-order valence-corrected chi connectivity index (χ3v) is 6.16. The Morgan fingerprint density at radius 2 is 1.69 bits per heavy atom. The first-order valence-electron chi connectivity index (χ1n) is 12.2. The number of hydrogen-bond acceptors (Lipinski definition) is 7. The lowest BCUT2D eigenvalue weighted by molar-refractivity contribution is -0.139. The predicted molar refractivity (Wildman–Crippen MR) is 139 cm³/mol. The van der Waals surface area contributed by atoms with Crippen LogP contribution < -0.4 is 14.2 Å². The van der Waals surface area contributed by atoms with Gasteiger partial charge in [0.1, 0.15) is 11.5 Å². The van der Waals surface area contributed by atoms with E-state index < -0.39 is 17.7 Å². The molecule has 1 fully saturated rings. The third kappa shape index (κ3) is 5.99. The monoisotopic (exact) mass is 496 g/mol. The number of ketones is 1. The lowest BCUT2D eigenvalue weighted by Crippen LogP contribution is -2.32. The zero-order valence-electron chi connectivity index (χ0n) is 21.7. The molecule has 2 aromatic rings. The second kappa shape index (κ2) is 12.4. The highest BCUT2D eigenvalue weighted by atomic mass is 16.5. The maximum atomic E-state index is 13.2. The molecule has 1 N–H and O–H groups in total. The lowest BCUT2D eigenvalue weighted by Gasteiger charge is -2.26. The quantitative estimate of drug-likeness (QED) is 0.203. The van der Waals surface area contributed by atoms with Crippen LogP contribution >= 0.6 is 0 Å². The molecule has 0 bridgehead atoms. The van der Waals surface area contributed by atoms with Crippen LogP contribution in [0.25, 0.3) is 5.76 Å². The van der Waals surface area contributed by atoms with Crippen molar-refractivity contribution in [3.8, 4) is 17.2 Å². The standard InChI is InChI=1S/C28H36N2O6/c1-6-7-17-36-21-12-9-19(10-13-21)26(31)24-25(20-11-14-22(34-4)23(18-20)35-5)30(28(33)27(24)32)16-8-15-29(2)3/h9-14,18,25,31H,6-8,15-17H2,1-5H3/b26-24-. The Bertz CT molecular complexity index is 1090. The number of unbranched alkanes of at least 4 members (excludes halogenated alkanes) is 1. The summed E-state index contributed by atoms with van der Waals surface area (Å²) in [6.07, 6.45) is 2.65. The van der Waals surface area contributed by atoms with E-state index in [-0.39, 0.29) is 11.3 Å². The van der Waals surface area contributed by atoms with E-state index in [2.05, 4.69) is 6.92 Å². The minimum Gasteiger partial charge on any atom is -0.507 e. The highest BCUT2D eigenvalue weighted by Gasteiger charge is 2.46. The first-order valence-corrected chi connectivity index (χ1v) is 12.2. The predicted octanol–water partition coefficient (Wildman–Crippen LogP) is 4.26. The van der Waals surface area contributed by atoms with Crippen molar-refractivity contribution in [1.29, 1.82) is 0 Å². The summed E-state index contributed by atoms with van der Waals surface area (Å²) in [6, 6.07) is 11.4. The van der Waals surface area contributed by atoms with Crippen molar-refractivity contribution in [3.05, 3.63) is 59.2 Å². The van der Waals surface area contributed by atoms with Gasteiger partial charge in [0.15, 0.2) is 11.5 Å². The second-order valence-electron chi connectivity index (χ2n) is 8.99. The van der Waals surface area contributed by atoms with Crippen molar-refractivity contribution in [3.63, 3.8) is 0 Å². The Morgan fingerprint density at radius 1 is 1.00 bits per heavy atom. The minimum atomic E-state index is -0.757.